The molecule has 1 aliphatic heterocycles. The van der Waals surface area contributed by atoms with Crippen molar-refractivity contribution < 1.29 is 9.53 Å². The van der Waals surface area contributed by atoms with Crippen LogP contribution in [0.25, 0.3) is 10.2 Å². The van der Waals surface area contributed by atoms with Gasteiger partial charge in [0, 0.05) is 31.1 Å². The van der Waals surface area contributed by atoms with Gasteiger partial charge in [-0.1, -0.05) is 13.8 Å². The summed E-state index contributed by atoms with van der Waals surface area (Å²) >= 11 is 1.43. The number of hydrogen-bond acceptors (Lipinski definition) is 5. The molecular formula is C19H26N4O4S. The van der Waals surface area contributed by atoms with Crippen molar-refractivity contribution in [2.24, 2.45) is 5.41 Å². The maximum atomic E-state index is 13.3. The second-order valence-electron chi connectivity index (χ2n) is 8.29. The van der Waals surface area contributed by atoms with Crippen LogP contribution in [0.5, 0.6) is 0 Å². The fourth-order valence-electron chi connectivity index (χ4n) is 3.93. The van der Waals surface area contributed by atoms with Gasteiger partial charge in [-0.05, 0) is 24.3 Å². The number of nitrogens with zero attached hydrogens (tertiary/aromatic N) is 3. The molecule has 28 heavy (non-hydrogen) atoms. The molecule has 2 fully saturated rings. The zero-order chi connectivity index (χ0) is 20.2. The first kappa shape index (κ1) is 19.2. The summed E-state index contributed by atoms with van der Waals surface area (Å²) in [7, 11) is 1.60. The Hall–Kier alpha value is -2.13. The Morgan fingerprint density at radius 2 is 2.00 bits per heavy atom. The molecule has 2 aromatic heterocycles. The number of aryl methyl sites for hydroxylation is 1. The normalized spacial score (nSPS) is 20.8. The second-order valence-corrected chi connectivity index (χ2v) is 9.38. The molecule has 2 aliphatic rings. The molecule has 3 heterocycles. The van der Waals surface area contributed by atoms with E-state index in [1.165, 1.54) is 15.9 Å². The molecule has 1 unspecified atom stereocenters. The van der Waals surface area contributed by atoms with E-state index in [0.717, 1.165) is 16.9 Å². The van der Waals surface area contributed by atoms with Crippen LogP contribution in [0.2, 0.25) is 0 Å². The average Bonchev–Trinajstić information content (AvgIpc) is 2.92. The summed E-state index contributed by atoms with van der Waals surface area (Å²) in [5.41, 5.74) is 0.339. The Morgan fingerprint density at radius 3 is 2.57 bits per heavy atom. The highest BCUT2D eigenvalue weighted by Gasteiger charge is 2.49. The SMILES string of the molecule is COCCn1c(=O)n(C2CC2(C)C)c(=O)c2c(C)c(CN3CCNC3=O)sc21. The number of carbonyl (C=O) groups excluding carboxylic acids is 1. The number of ether oxygens (including phenoxy) is 1. The van der Waals surface area contributed by atoms with Crippen molar-refractivity contribution >= 4 is 27.6 Å². The summed E-state index contributed by atoms with van der Waals surface area (Å²) < 4.78 is 8.29. The lowest BCUT2D eigenvalue weighted by Gasteiger charge is -2.13. The van der Waals surface area contributed by atoms with Crippen molar-refractivity contribution in [3.63, 3.8) is 0 Å². The molecule has 0 bridgehead atoms. The smallest absolute Gasteiger partial charge is 0.332 e. The zero-order valence-corrected chi connectivity index (χ0v) is 17.5. The Morgan fingerprint density at radius 1 is 1.29 bits per heavy atom. The van der Waals surface area contributed by atoms with Crippen LogP contribution >= 0.6 is 11.3 Å². The molecule has 0 spiro atoms. The van der Waals surface area contributed by atoms with Gasteiger partial charge in [-0.15, -0.1) is 11.3 Å². The molecular weight excluding hydrogens is 380 g/mol. The van der Waals surface area contributed by atoms with Crippen molar-refractivity contribution in [3.8, 4) is 0 Å². The van der Waals surface area contributed by atoms with Crippen molar-refractivity contribution in [1.29, 1.82) is 0 Å². The standard InChI is InChI=1S/C19H26N4O4S/c1-11-12(10-21-6-5-20-17(21)25)28-16-14(11)15(24)23(13-9-19(13,2)3)18(26)22(16)7-8-27-4/h13H,5-10H2,1-4H3,(H,20,25). The highest BCUT2D eigenvalue weighted by Crippen LogP contribution is 2.54. The largest absolute Gasteiger partial charge is 0.383 e. The van der Waals surface area contributed by atoms with Crippen molar-refractivity contribution in [1.82, 2.24) is 19.4 Å². The van der Waals surface area contributed by atoms with Gasteiger partial charge in [0.05, 0.1) is 25.1 Å². The van der Waals surface area contributed by atoms with E-state index in [9.17, 15) is 14.4 Å². The summed E-state index contributed by atoms with van der Waals surface area (Å²) in [6.07, 6.45) is 0.821. The Bertz CT molecular complexity index is 1060. The molecule has 1 atom stereocenters. The number of hydrogen-bond donors (Lipinski definition) is 1. The van der Waals surface area contributed by atoms with Gasteiger partial charge in [0.15, 0.2) is 0 Å². The topological polar surface area (TPSA) is 85.6 Å². The van der Waals surface area contributed by atoms with Crippen molar-refractivity contribution in [3.05, 3.63) is 31.3 Å². The van der Waals surface area contributed by atoms with Gasteiger partial charge >= 0.3 is 11.7 Å². The Balaban J connectivity index is 1.89. The molecule has 8 nitrogen and oxygen atoms in total. The summed E-state index contributed by atoms with van der Waals surface area (Å²) in [5, 5.41) is 3.39. The zero-order valence-electron chi connectivity index (χ0n) is 16.7. The lowest BCUT2D eigenvalue weighted by molar-refractivity contribution is 0.186. The maximum Gasteiger partial charge on any atom is 0.332 e. The van der Waals surface area contributed by atoms with Crippen molar-refractivity contribution in [2.45, 2.75) is 46.3 Å². The minimum Gasteiger partial charge on any atom is -0.383 e. The number of carbonyl (C=O) groups is 1. The molecule has 1 saturated heterocycles. The summed E-state index contributed by atoms with van der Waals surface area (Å²) in [6.45, 7) is 8.57. The molecule has 1 aliphatic carbocycles. The van der Waals surface area contributed by atoms with Gasteiger partial charge in [-0.2, -0.15) is 0 Å². The molecule has 152 valence electrons. The third-order valence-electron chi connectivity index (χ3n) is 5.91. The predicted octanol–water partition coefficient (Wildman–Crippen LogP) is 1.68. The Labute approximate surface area is 166 Å². The van der Waals surface area contributed by atoms with E-state index in [1.54, 1.807) is 16.6 Å². The minimum atomic E-state index is -0.267. The number of fused-ring (bicyclic) bond motifs is 1. The van der Waals surface area contributed by atoms with Gasteiger partial charge in [0.2, 0.25) is 0 Å². The van der Waals surface area contributed by atoms with Gasteiger partial charge in [-0.25, -0.2) is 9.59 Å². The lowest BCUT2D eigenvalue weighted by atomic mass is 10.1. The van der Waals surface area contributed by atoms with Crippen LogP contribution in [0.3, 0.4) is 0 Å². The number of amides is 2. The third kappa shape index (κ3) is 2.97. The van der Waals surface area contributed by atoms with E-state index < -0.39 is 0 Å². The number of urea groups is 1. The number of nitrogens with one attached hydrogen (secondary N) is 1. The van der Waals surface area contributed by atoms with Crippen molar-refractivity contribution in [2.75, 3.05) is 26.8 Å². The highest BCUT2D eigenvalue weighted by molar-refractivity contribution is 7.18. The minimum absolute atomic E-state index is 0.0455. The van der Waals surface area contributed by atoms with E-state index in [2.05, 4.69) is 19.2 Å². The molecule has 0 radical (unpaired) electrons. The molecule has 1 N–H and O–H groups in total. The van der Waals surface area contributed by atoms with E-state index >= 15 is 0 Å². The van der Waals surface area contributed by atoms with Crippen LogP contribution in [-0.2, 0) is 17.8 Å². The van der Waals surface area contributed by atoms with E-state index in [4.69, 9.17) is 4.74 Å². The molecule has 2 aromatic rings. The molecule has 1 saturated carbocycles. The van der Waals surface area contributed by atoms with Gasteiger partial charge in [0.25, 0.3) is 5.56 Å². The quantitative estimate of drug-likeness (QED) is 0.791. The fraction of sp³-hybridized carbons (Fsp3) is 0.632. The lowest BCUT2D eigenvalue weighted by Crippen LogP contribution is -2.40. The molecule has 4 rings (SSSR count). The second kappa shape index (κ2) is 6.73. The van der Waals surface area contributed by atoms with Crippen LogP contribution in [0.15, 0.2) is 9.59 Å². The number of rotatable bonds is 6. The van der Waals surface area contributed by atoms with Crippen LogP contribution in [-0.4, -0.2) is 46.9 Å². The van der Waals surface area contributed by atoms with Gasteiger partial charge in [0.1, 0.15) is 4.83 Å². The summed E-state index contributed by atoms with van der Waals surface area (Å²) in [5.74, 6) is 0. The van der Waals surface area contributed by atoms with Crippen LogP contribution in [0, 0.1) is 12.3 Å². The van der Waals surface area contributed by atoms with E-state index in [-0.39, 0.29) is 28.7 Å². The molecule has 9 heteroatoms. The van der Waals surface area contributed by atoms with Crippen LogP contribution < -0.4 is 16.6 Å². The summed E-state index contributed by atoms with van der Waals surface area (Å²) in [6, 6.07) is -0.163. The molecule has 2 amide bonds. The van der Waals surface area contributed by atoms with Crippen LogP contribution in [0.1, 0.15) is 36.8 Å². The first-order valence-corrected chi connectivity index (χ1v) is 10.4. The first-order valence-electron chi connectivity index (χ1n) is 9.55. The number of methoxy groups -OCH3 is 1. The summed E-state index contributed by atoms with van der Waals surface area (Å²) in [4.78, 5) is 41.8. The first-order chi connectivity index (χ1) is 13.3. The van der Waals surface area contributed by atoms with E-state index in [1.807, 2.05) is 6.92 Å². The number of aromatic nitrogens is 2. The fourth-order valence-corrected chi connectivity index (χ4v) is 5.26. The number of thiophene rings is 1. The monoisotopic (exact) mass is 406 g/mol. The van der Waals surface area contributed by atoms with Gasteiger partial charge in [-0.3, -0.25) is 13.9 Å². The Kier molecular flexibility index (Phi) is 4.62. The molecule has 0 aromatic carbocycles. The highest BCUT2D eigenvalue weighted by atomic mass is 32.1. The van der Waals surface area contributed by atoms with Gasteiger partial charge < -0.3 is 15.0 Å². The maximum absolute atomic E-state index is 13.3. The van der Waals surface area contributed by atoms with Crippen LogP contribution in [0.4, 0.5) is 4.79 Å². The third-order valence-corrected chi connectivity index (χ3v) is 7.21. The average molecular weight is 407 g/mol. The van der Waals surface area contributed by atoms with E-state index in [0.29, 0.717) is 43.0 Å². The predicted molar refractivity (Wildman–Crippen MR) is 108 cm³/mol.